The zero-order valence-electron chi connectivity index (χ0n) is 10.4. The molecule has 1 unspecified atom stereocenters. The smallest absolute Gasteiger partial charge is 0.128 e. The monoisotopic (exact) mass is 219 g/mol. The van der Waals surface area contributed by atoms with Crippen LogP contribution >= 0.6 is 0 Å². The third kappa shape index (κ3) is 2.19. The zero-order chi connectivity index (χ0) is 11.7. The van der Waals surface area contributed by atoms with Gasteiger partial charge in [0.1, 0.15) is 5.82 Å². The summed E-state index contributed by atoms with van der Waals surface area (Å²) in [4.78, 5) is 6.72. The summed E-state index contributed by atoms with van der Waals surface area (Å²) < 4.78 is 0. The molecule has 88 valence electrons. The molecule has 16 heavy (non-hydrogen) atoms. The first kappa shape index (κ1) is 11.4. The largest absolute Gasteiger partial charge is 0.383 e. The fraction of sp³-hybridized carbons (Fsp3) is 0.615. The van der Waals surface area contributed by atoms with Crippen molar-refractivity contribution in [2.75, 3.05) is 5.73 Å². The van der Waals surface area contributed by atoms with Gasteiger partial charge in [-0.1, -0.05) is 6.07 Å². The molecule has 1 atom stereocenters. The lowest BCUT2D eigenvalue weighted by Gasteiger charge is -2.33. The summed E-state index contributed by atoms with van der Waals surface area (Å²) in [6.07, 6.45) is 4.40. The Morgan fingerprint density at radius 2 is 2.06 bits per heavy atom. The van der Waals surface area contributed by atoms with Gasteiger partial charge in [-0.2, -0.15) is 0 Å². The first-order chi connectivity index (χ1) is 7.61. The molecular weight excluding hydrogens is 198 g/mol. The summed E-state index contributed by atoms with van der Waals surface area (Å²) in [5.41, 5.74) is 7.10. The van der Waals surface area contributed by atoms with E-state index in [1.807, 2.05) is 6.07 Å². The quantitative estimate of drug-likeness (QED) is 0.846. The molecule has 0 bridgehead atoms. The molecule has 1 aromatic heterocycles. The van der Waals surface area contributed by atoms with Gasteiger partial charge in [0.2, 0.25) is 0 Å². The molecule has 2 N–H and O–H groups in total. The van der Waals surface area contributed by atoms with Crippen LogP contribution in [0.2, 0.25) is 0 Å². The van der Waals surface area contributed by atoms with E-state index in [-0.39, 0.29) is 0 Å². The van der Waals surface area contributed by atoms with E-state index in [4.69, 9.17) is 5.73 Å². The van der Waals surface area contributed by atoms with Crippen LogP contribution in [0, 0.1) is 0 Å². The number of nitrogens with two attached hydrogens (primary N) is 1. The number of hydrogen-bond donors (Lipinski definition) is 1. The van der Waals surface area contributed by atoms with Gasteiger partial charge in [-0.05, 0) is 39.7 Å². The number of hydrogen-bond acceptors (Lipinski definition) is 3. The molecule has 0 spiro atoms. The molecule has 2 rings (SSSR count). The molecule has 0 aliphatic heterocycles. The van der Waals surface area contributed by atoms with Crippen molar-refractivity contribution in [1.82, 2.24) is 9.88 Å². The predicted molar refractivity (Wildman–Crippen MR) is 67.1 cm³/mol. The van der Waals surface area contributed by atoms with Crippen LogP contribution in [0.1, 0.15) is 45.2 Å². The predicted octanol–water partition coefficient (Wildman–Crippen LogP) is 2.60. The standard InChI is InChI=1S/C13H21N3/c1-9(2)16(11-6-7-11)10(3)12-5-4-8-15-13(12)14/h4-5,8-11H,6-7H2,1-3H3,(H2,14,15). The van der Waals surface area contributed by atoms with Crippen molar-refractivity contribution in [1.29, 1.82) is 0 Å². The van der Waals surface area contributed by atoms with Crippen LogP contribution in [0.25, 0.3) is 0 Å². The van der Waals surface area contributed by atoms with Gasteiger partial charge in [0, 0.05) is 29.9 Å². The summed E-state index contributed by atoms with van der Waals surface area (Å²) in [5.74, 6) is 0.668. The number of nitrogen functional groups attached to an aromatic ring is 1. The van der Waals surface area contributed by atoms with Gasteiger partial charge < -0.3 is 5.73 Å². The number of nitrogens with zero attached hydrogens (tertiary/aromatic N) is 2. The summed E-state index contributed by atoms with van der Waals surface area (Å²) >= 11 is 0. The van der Waals surface area contributed by atoms with Gasteiger partial charge in [-0.25, -0.2) is 4.98 Å². The van der Waals surface area contributed by atoms with Gasteiger partial charge in [0.25, 0.3) is 0 Å². The maximum atomic E-state index is 5.94. The van der Waals surface area contributed by atoms with E-state index >= 15 is 0 Å². The Balaban J connectivity index is 2.22. The van der Waals surface area contributed by atoms with Crippen LogP contribution < -0.4 is 5.73 Å². The second-order valence-corrected chi connectivity index (χ2v) is 4.93. The van der Waals surface area contributed by atoms with Crippen LogP contribution in [0.5, 0.6) is 0 Å². The molecule has 3 nitrogen and oxygen atoms in total. The molecule has 1 fully saturated rings. The van der Waals surface area contributed by atoms with E-state index in [0.29, 0.717) is 17.9 Å². The minimum absolute atomic E-state index is 0.362. The summed E-state index contributed by atoms with van der Waals surface area (Å²) in [7, 11) is 0. The Bertz CT molecular complexity index is 356. The zero-order valence-corrected chi connectivity index (χ0v) is 10.4. The molecule has 0 radical (unpaired) electrons. The second kappa shape index (κ2) is 4.42. The molecule has 1 heterocycles. The average molecular weight is 219 g/mol. The summed E-state index contributed by atoms with van der Waals surface area (Å²) in [5, 5.41) is 0. The van der Waals surface area contributed by atoms with Crippen molar-refractivity contribution < 1.29 is 0 Å². The maximum absolute atomic E-state index is 5.94. The Labute approximate surface area is 97.7 Å². The van der Waals surface area contributed by atoms with E-state index < -0.39 is 0 Å². The maximum Gasteiger partial charge on any atom is 0.128 e. The van der Waals surface area contributed by atoms with E-state index in [9.17, 15) is 0 Å². The molecule has 0 amide bonds. The number of pyridine rings is 1. The van der Waals surface area contributed by atoms with Crippen molar-refractivity contribution in [3.63, 3.8) is 0 Å². The fourth-order valence-corrected chi connectivity index (χ4v) is 2.50. The third-order valence-corrected chi connectivity index (χ3v) is 3.33. The van der Waals surface area contributed by atoms with Crippen molar-refractivity contribution >= 4 is 5.82 Å². The van der Waals surface area contributed by atoms with Crippen molar-refractivity contribution in [2.45, 2.75) is 51.7 Å². The fourth-order valence-electron chi connectivity index (χ4n) is 2.50. The van der Waals surface area contributed by atoms with Crippen molar-refractivity contribution in [3.8, 4) is 0 Å². The van der Waals surface area contributed by atoms with E-state index in [2.05, 4.69) is 36.7 Å². The Hall–Kier alpha value is -1.09. The van der Waals surface area contributed by atoms with Crippen molar-refractivity contribution in [3.05, 3.63) is 23.9 Å². The van der Waals surface area contributed by atoms with Crippen LogP contribution in [-0.4, -0.2) is 22.0 Å². The highest BCUT2D eigenvalue weighted by molar-refractivity contribution is 5.40. The molecule has 0 aromatic carbocycles. The molecule has 1 aromatic rings. The molecule has 1 aliphatic carbocycles. The van der Waals surface area contributed by atoms with E-state index in [0.717, 1.165) is 11.6 Å². The van der Waals surface area contributed by atoms with Gasteiger partial charge in [-0.15, -0.1) is 0 Å². The van der Waals surface area contributed by atoms with E-state index in [1.54, 1.807) is 6.20 Å². The van der Waals surface area contributed by atoms with Crippen LogP contribution in [0.4, 0.5) is 5.82 Å². The van der Waals surface area contributed by atoms with Crippen LogP contribution in [0.15, 0.2) is 18.3 Å². The Kier molecular flexibility index (Phi) is 3.15. The molecule has 3 heteroatoms. The number of anilines is 1. The van der Waals surface area contributed by atoms with Crippen LogP contribution in [0.3, 0.4) is 0 Å². The minimum atomic E-state index is 0.362. The lowest BCUT2D eigenvalue weighted by Crippen LogP contribution is -2.35. The second-order valence-electron chi connectivity index (χ2n) is 4.93. The van der Waals surface area contributed by atoms with Gasteiger partial charge in [0.05, 0.1) is 0 Å². The Morgan fingerprint density at radius 1 is 1.38 bits per heavy atom. The molecule has 0 saturated heterocycles. The first-order valence-corrected chi connectivity index (χ1v) is 6.09. The minimum Gasteiger partial charge on any atom is -0.383 e. The number of aromatic nitrogens is 1. The normalized spacial score (nSPS) is 18.1. The lowest BCUT2D eigenvalue weighted by molar-refractivity contribution is 0.154. The SMILES string of the molecule is CC(C)N(C1CC1)C(C)c1cccnc1N. The molecular formula is C13H21N3. The highest BCUT2D eigenvalue weighted by Crippen LogP contribution is 2.36. The summed E-state index contributed by atoms with van der Waals surface area (Å²) in [6, 6.07) is 5.72. The average Bonchev–Trinajstić information content (AvgIpc) is 3.02. The van der Waals surface area contributed by atoms with Gasteiger partial charge in [-0.3, -0.25) is 4.90 Å². The highest BCUT2D eigenvalue weighted by atomic mass is 15.2. The highest BCUT2D eigenvalue weighted by Gasteiger charge is 2.34. The Morgan fingerprint density at radius 3 is 2.56 bits per heavy atom. The molecule has 1 aliphatic rings. The number of rotatable bonds is 4. The summed E-state index contributed by atoms with van der Waals surface area (Å²) in [6.45, 7) is 6.73. The first-order valence-electron chi connectivity index (χ1n) is 6.09. The van der Waals surface area contributed by atoms with Gasteiger partial charge >= 0.3 is 0 Å². The topological polar surface area (TPSA) is 42.2 Å². The van der Waals surface area contributed by atoms with E-state index in [1.165, 1.54) is 12.8 Å². The van der Waals surface area contributed by atoms with Gasteiger partial charge in [0.15, 0.2) is 0 Å². The third-order valence-electron chi connectivity index (χ3n) is 3.33. The van der Waals surface area contributed by atoms with Crippen LogP contribution in [-0.2, 0) is 0 Å². The van der Waals surface area contributed by atoms with Crippen molar-refractivity contribution in [2.24, 2.45) is 0 Å². The molecule has 1 saturated carbocycles. The lowest BCUT2D eigenvalue weighted by atomic mass is 10.1.